The summed E-state index contributed by atoms with van der Waals surface area (Å²) in [5.41, 5.74) is 6.77. The first-order valence-electron chi connectivity index (χ1n) is 5.60. The van der Waals surface area contributed by atoms with Gasteiger partial charge < -0.3 is 10.5 Å². The molecule has 0 spiro atoms. The van der Waals surface area contributed by atoms with Crippen molar-refractivity contribution in [3.05, 3.63) is 28.8 Å². The van der Waals surface area contributed by atoms with Crippen LogP contribution in [0.15, 0.2) is 18.2 Å². The summed E-state index contributed by atoms with van der Waals surface area (Å²) in [6.45, 7) is 7.48. The second-order valence-corrected chi connectivity index (χ2v) is 5.17. The van der Waals surface area contributed by atoms with Crippen molar-refractivity contribution in [2.45, 2.75) is 27.2 Å². The van der Waals surface area contributed by atoms with E-state index in [1.54, 1.807) is 0 Å². The lowest BCUT2D eigenvalue weighted by atomic mass is 9.95. The van der Waals surface area contributed by atoms with Crippen molar-refractivity contribution in [1.82, 2.24) is 0 Å². The van der Waals surface area contributed by atoms with Gasteiger partial charge >= 0.3 is 0 Å². The Hall–Kier alpha value is -0.730. The third-order valence-corrected chi connectivity index (χ3v) is 2.95. The van der Waals surface area contributed by atoms with Gasteiger partial charge in [-0.3, -0.25) is 0 Å². The van der Waals surface area contributed by atoms with Crippen molar-refractivity contribution >= 4 is 11.6 Å². The topological polar surface area (TPSA) is 35.2 Å². The molecule has 0 aliphatic heterocycles. The molecule has 0 radical (unpaired) electrons. The van der Waals surface area contributed by atoms with Gasteiger partial charge in [-0.2, -0.15) is 0 Å². The Labute approximate surface area is 103 Å². The van der Waals surface area contributed by atoms with E-state index >= 15 is 0 Å². The number of hydrogen-bond donors (Lipinski definition) is 1. The molecule has 0 aliphatic rings. The van der Waals surface area contributed by atoms with E-state index in [0.717, 1.165) is 22.8 Å². The molecule has 1 aromatic rings. The molecule has 1 rings (SSSR count). The third kappa shape index (κ3) is 3.69. The van der Waals surface area contributed by atoms with Crippen LogP contribution in [0.3, 0.4) is 0 Å². The zero-order valence-electron chi connectivity index (χ0n) is 10.2. The molecule has 3 heteroatoms. The van der Waals surface area contributed by atoms with Crippen molar-refractivity contribution in [1.29, 1.82) is 0 Å². The number of benzene rings is 1. The van der Waals surface area contributed by atoms with E-state index in [0.29, 0.717) is 13.2 Å². The first-order valence-corrected chi connectivity index (χ1v) is 5.97. The van der Waals surface area contributed by atoms with Crippen LogP contribution in [0.4, 0.5) is 0 Å². The smallest absolute Gasteiger partial charge is 0.119 e. The van der Waals surface area contributed by atoms with Gasteiger partial charge in [-0.15, -0.1) is 0 Å². The molecule has 0 amide bonds. The van der Waals surface area contributed by atoms with Crippen LogP contribution in [0, 0.1) is 5.41 Å². The van der Waals surface area contributed by atoms with Crippen molar-refractivity contribution < 1.29 is 4.74 Å². The van der Waals surface area contributed by atoms with Crippen LogP contribution < -0.4 is 10.5 Å². The molecular weight excluding hydrogens is 222 g/mol. The fraction of sp³-hybridized carbons (Fsp3) is 0.538. The van der Waals surface area contributed by atoms with E-state index in [1.165, 1.54) is 0 Å². The Morgan fingerprint density at radius 3 is 2.62 bits per heavy atom. The van der Waals surface area contributed by atoms with Gasteiger partial charge in [0, 0.05) is 17.0 Å². The molecule has 0 bridgehead atoms. The minimum atomic E-state index is 0.00597. The largest absolute Gasteiger partial charge is 0.493 e. The van der Waals surface area contributed by atoms with Crippen molar-refractivity contribution in [2.75, 3.05) is 13.2 Å². The molecule has 0 saturated carbocycles. The van der Waals surface area contributed by atoms with Gasteiger partial charge in [-0.05, 0) is 30.2 Å². The Bertz CT molecular complexity index is 350. The molecule has 0 atom stereocenters. The van der Waals surface area contributed by atoms with Gasteiger partial charge in [-0.1, -0.05) is 32.4 Å². The Morgan fingerprint density at radius 1 is 1.38 bits per heavy atom. The maximum absolute atomic E-state index is 6.04. The minimum Gasteiger partial charge on any atom is -0.493 e. The summed E-state index contributed by atoms with van der Waals surface area (Å²) in [5.74, 6) is 0.864. The third-order valence-electron chi connectivity index (χ3n) is 2.58. The lowest BCUT2D eigenvalue weighted by Crippen LogP contribution is -2.30. The molecular formula is C13H20ClNO. The van der Waals surface area contributed by atoms with Crippen LogP contribution >= 0.6 is 11.6 Å². The van der Waals surface area contributed by atoms with Crippen molar-refractivity contribution in [3.8, 4) is 5.75 Å². The van der Waals surface area contributed by atoms with Gasteiger partial charge in [0.15, 0.2) is 0 Å². The molecule has 2 N–H and O–H groups in total. The molecule has 0 aliphatic carbocycles. The minimum absolute atomic E-state index is 0.00597. The normalized spacial score (nSPS) is 11.6. The van der Waals surface area contributed by atoms with Crippen LogP contribution in [0.1, 0.15) is 26.3 Å². The zero-order chi connectivity index (χ0) is 12.2. The second kappa shape index (κ2) is 5.55. The predicted molar refractivity (Wildman–Crippen MR) is 69.2 cm³/mol. The highest BCUT2D eigenvalue weighted by molar-refractivity contribution is 6.31. The summed E-state index contributed by atoms with van der Waals surface area (Å²) in [4.78, 5) is 0. The molecule has 2 nitrogen and oxygen atoms in total. The summed E-state index contributed by atoms with van der Waals surface area (Å²) in [7, 11) is 0. The van der Waals surface area contributed by atoms with Gasteiger partial charge in [0.05, 0.1) is 6.61 Å². The average molecular weight is 242 g/mol. The maximum Gasteiger partial charge on any atom is 0.119 e. The highest BCUT2D eigenvalue weighted by Gasteiger charge is 2.16. The van der Waals surface area contributed by atoms with Gasteiger partial charge in [0.1, 0.15) is 5.75 Å². The summed E-state index contributed by atoms with van der Waals surface area (Å²) >= 11 is 6.04. The second-order valence-electron chi connectivity index (χ2n) is 4.76. The molecule has 0 heterocycles. The fourth-order valence-electron chi connectivity index (χ4n) is 1.25. The zero-order valence-corrected chi connectivity index (χ0v) is 11.0. The van der Waals surface area contributed by atoms with E-state index in [9.17, 15) is 0 Å². The number of ether oxygens (including phenoxy) is 1. The van der Waals surface area contributed by atoms with Crippen LogP contribution in [0.25, 0.3) is 0 Å². The van der Waals surface area contributed by atoms with Crippen LogP contribution in [0.2, 0.25) is 5.02 Å². The molecule has 0 saturated heterocycles. The number of nitrogens with two attached hydrogens (primary N) is 1. The lowest BCUT2D eigenvalue weighted by molar-refractivity contribution is 0.187. The maximum atomic E-state index is 6.04. The van der Waals surface area contributed by atoms with E-state index in [2.05, 4.69) is 20.8 Å². The summed E-state index contributed by atoms with van der Waals surface area (Å²) in [6, 6.07) is 5.77. The predicted octanol–water partition coefficient (Wildman–Crippen LogP) is 3.27. The summed E-state index contributed by atoms with van der Waals surface area (Å²) in [6.07, 6.45) is 0.913. The Kier molecular flexibility index (Phi) is 4.63. The number of hydrogen-bond acceptors (Lipinski definition) is 2. The summed E-state index contributed by atoms with van der Waals surface area (Å²) in [5, 5.41) is 0.799. The highest BCUT2D eigenvalue weighted by atomic mass is 35.5. The fourth-order valence-corrected chi connectivity index (χ4v) is 1.50. The molecule has 90 valence electrons. The van der Waals surface area contributed by atoms with Crippen LogP contribution in [0.5, 0.6) is 5.75 Å². The van der Waals surface area contributed by atoms with Crippen molar-refractivity contribution in [2.24, 2.45) is 11.1 Å². The molecule has 0 fully saturated rings. The number of aryl methyl sites for hydroxylation is 1. The van der Waals surface area contributed by atoms with Crippen molar-refractivity contribution in [3.63, 3.8) is 0 Å². The SMILES string of the molecule is CCc1cc(OCC(C)(C)CN)ccc1Cl. The Morgan fingerprint density at radius 2 is 2.06 bits per heavy atom. The molecule has 0 aromatic heterocycles. The van der Waals surface area contributed by atoms with Crippen LogP contribution in [-0.2, 0) is 6.42 Å². The lowest BCUT2D eigenvalue weighted by Gasteiger charge is -2.22. The molecule has 1 aromatic carbocycles. The van der Waals surface area contributed by atoms with Gasteiger partial charge in [0.25, 0.3) is 0 Å². The van der Waals surface area contributed by atoms with E-state index in [1.807, 2.05) is 18.2 Å². The average Bonchev–Trinajstić information content (AvgIpc) is 2.28. The molecule has 0 unspecified atom stereocenters. The number of rotatable bonds is 5. The monoisotopic (exact) mass is 241 g/mol. The van der Waals surface area contributed by atoms with Gasteiger partial charge in [0.2, 0.25) is 0 Å². The van der Waals surface area contributed by atoms with E-state index in [4.69, 9.17) is 22.1 Å². The van der Waals surface area contributed by atoms with Gasteiger partial charge in [-0.25, -0.2) is 0 Å². The first kappa shape index (κ1) is 13.3. The Balaban J connectivity index is 2.68. The molecule has 16 heavy (non-hydrogen) atoms. The van der Waals surface area contributed by atoms with E-state index < -0.39 is 0 Å². The summed E-state index contributed by atoms with van der Waals surface area (Å²) < 4.78 is 5.72. The quantitative estimate of drug-likeness (QED) is 0.859. The first-order chi connectivity index (χ1) is 7.48. The highest BCUT2D eigenvalue weighted by Crippen LogP contribution is 2.24. The standard InChI is InChI=1S/C13H20ClNO/c1-4-10-7-11(5-6-12(10)14)16-9-13(2,3)8-15/h5-7H,4,8-9,15H2,1-3H3. The van der Waals surface area contributed by atoms with Crippen LogP contribution in [-0.4, -0.2) is 13.2 Å². The number of halogens is 1. The van der Waals surface area contributed by atoms with E-state index in [-0.39, 0.29) is 5.41 Å².